The fourth-order valence-corrected chi connectivity index (χ4v) is 3.07. The molecule has 0 aliphatic rings. The zero-order chi connectivity index (χ0) is 21.0. The summed E-state index contributed by atoms with van der Waals surface area (Å²) in [6.07, 6.45) is 1.60. The van der Waals surface area contributed by atoms with Crippen molar-refractivity contribution in [3.05, 3.63) is 87.5 Å². The number of carbonyl (C=O) groups excluding carboxylic acids is 1. The second-order valence-electron chi connectivity index (χ2n) is 6.52. The Labute approximate surface area is 177 Å². The molecule has 0 aliphatic carbocycles. The molecule has 0 saturated carbocycles. The molecular weight excluding hydrogens is 413 g/mol. The van der Waals surface area contributed by atoms with Gasteiger partial charge in [-0.15, -0.1) is 0 Å². The van der Waals surface area contributed by atoms with Gasteiger partial charge in [0.15, 0.2) is 5.78 Å². The predicted molar refractivity (Wildman–Crippen MR) is 112 cm³/mol. The van der Waals surface area contributed by atoms with Crippen LogP contribution in [0.15, 0.2) is 60.8 Å². The number of rotatable bonds is 7. The topological polar surface area (TPSA) is 76.5 Å². The summed E-state index contributed by atoms with van der Waals surface area (Å²) in [4.78, 5) is 28.1. The lowest BCUT2D eigenvalue weighted by Gasteiger charge is -2.14. The van der Waals surface area contributed by atoms with Crippen LogP contribution in [0.4, 0.5) is 0 Å². The van der Waals surface area contributed by atoms with Gasteiger partial charge < -0.3 is 9.84 Å². The minimum atomic E-state index is -0.991. The molecule has 1 aromatic heterocycles. The normalized spacial score (nSPS) is 11.7. The summed E-state index contributed by atoms with van der Waals surface area (Å²) in [5, 5.41) is 9.91. The molecule has 0 unspecified atom stereocenters. The quantitative estimate of drug-likeness (QED) is 0.448. The third kappa shape index (κ3) is 5.34. The SMILES string of the molecule is C[C@H](CC(=O)c1cc(Cl)cnc1Oc1ccc(Cl)cc1)c1ccc(C(=O)O)cc1. The van der Waals surface area contributed by atoms with Crippen LogP contribution in [0.2, 0.25) is 10.0 Å². The smallest absolute Gasteiger partial charge is 0.335 e. The molecule has 0 fully saturated rings. The van der Waals surface area contributed by atoms with Crippen molar-refractivity contribution in [3.8, 4) is 11.6 Å². The molecule has 0 bridgehead atoms. The second kappa shape index (κ2) is 9.07. The molecule has 7 heteroatoms. The van der Waals surface area contributed by atoms with E-state index in [4.69, 9.17) is 33.0 Å². The first-order valence-electron chi connectivity index (χ1n) is 8.79. The van der Waals surface area contributed by atoms with E-state index in [0.717, 1.165) is 5.56 Å². The number of aromatic carboxylic acids is 1. The number of ketones is 1. The van der Waals surface area contributed by atoms with Crippen molar-refractivity contribution in [2.24, 2.45) is 0 Å². The van der Waals surface area contributed by atoms with Gasteiger partial charge in [-0.1, -0.05) is 42.3 Å². The second-order valence-corrected chi connectivity index (χ2v) is 7.39. The highest BCUT2D eigenvalue weighted by Crippen LogP contribution is 2.29. The lowest BCUT2D eigenvalue weighted by atomic mass is 9.93. The molecule has 0 spiro atoms. The Kier molecular flexibility index (Phi) is 6.52. The van der Waals surface area contributed by atoms with Crippen molar-refractivity contribution in [2.75, 3.05) is 0 Å². The van der Waals surface area contributed by atoms with Crippen molar-refractivity contribution >= 4 is 35.0 Å². The summed E-state index contributed by atoms with van der Waals surface area (Å²) < 4.78 is 5.76. The molecule has 29 heavy (non-hydrogen) atoms. The molecule has 3 aromatic rings. The lowest BCUT2D eigenvalue weighted by Crippen LogP contribution is -2.08. The minimum absolute atomic E-state index is 0.132. The number of halogens is 2. The Hall–Kier alpha value is -2.89. The van der Waals surface area contributed by atoms with Crippen LogP contribution in [0, 0.1) is 0 Å². The number of benzene rings is 2. The van der Waals surface area contributed by atoms with Crippen LogP contribution in [-0.4, -0.2) is 21.8 Å². The Balaban J connectivity index is 1.79. The van der Waals surface area contributed by atoms with Gasteiger partial charge in [-0.25, -0.2) is 9.78 Å². The van der Waals surface area contributed by atoms with Gasteiger partial charge in [0, 0.05) is 17.6 Å². The number of aromatic nitrogens is 1. The van der Waals surface area contributed by atoms with Gasteiger partial charge in [0.05, 0.1) is 16.1 Å². The first kappa shape index (κ1) is 20.8. The van der Waals surface area contributed by atoms with Crippen molar-refractivity contribution in [3.63, 3.8) is 0 Å². The zero-order valence-corrected chi connectivity index (χ0v) is 16.9. The third-order valence-electron chi connectivity index (χ3n) is 4.36. The maximum atomic E-state index is 12.9. The fraction of sp³-hybridized carbons (Fsp3) is 0.136. The van der Waals surface area contributed by atoms with Crippen LogP contribution in [-0.2, 0) is 0 Å². The largest absolute Gasteiger partial charge is 0.478 e. The average Bonchev–Trinajstić information content (AvgIpc) is 2.71. The number of carboxylic acid groups (broad SMARTS) is 1. The van der Waals surface area contributed by atoms with Crippen LogP contribution in [0.25, 0.3) is 0 Å². The molecule has 0 saturated heterocycles. The third-order valence-corrected chi connectivity index (χ3v) is 4.82. The molecule has 1 N–H and O–H groups in total. The monoisotopic (exact) mass is 429 g/mol. The van der Waals surface area contributed by atoms with Crippen LogP contribution < -0.4 is 4.74 Å². The molecule has 148 valence electrons. The summed E-state index contributed by atoms with van der Waals surface area (Å²) in [5.74, 6) is -0.647. The Morgan fingerprint density at radius 3 is 2.31 bits per heavy atom. The van der Waals surface area contributed by atoms with Gasteiger partial charge in [-0.3, -0.25) is 4.79 Å². The van der Waals surface area contributed by atoms with Crippen molar-refractivity contribution in [2.45, 2.75) is 19.3 Å². The average molecular weight is 430 g/mol. The van der Waals surface area contributed by atoms with Crippen molar-refractivity contribution < 1.29 is 19.4 Å². The molecule has 0 aliphatic heterocycles. The van der Waals surface area contributed by atoms with E-state index in [-0.39, 0.29) is 35.1 Å². The van der Waals surface area contributed by atoms with E-state index >= 15 is 0 Å². The highest BCUT2D eigenvalue weighted by molar-refractivity contribution is 6.31. The molecule has 1 heterocycles. The van der Waals surface area contributed by atoms with Gasteiger partial charge >= 0.3 is 5.97 Å². The summed E-state index contributed by atoms with van der Waals surface area (Å²) in [6.45, 7) is 1.89. The maximum absolute atomic E-state index is 12.9. The summed E-state index contributed by atoms with van der Waals surface area (Å²) in [5.41, 5.74) is 1.34. The maximum Gasteiger partial charge on any atom is 0.335 e. The number of carboxylic acids is 1. The van der Waals surface area contributed by atoms with Gasteiger partial charge in [0.2, 0.25) is 5.88 Å². The Morgan fingerprint density at radius 2 is 1.69 bits per heavy atom. The van der Waals surface area contributed by atoms with Gasteiger partial charge in [-0.05, 0) is 53.9 Å². The first-order chi connectivity index (χ1) is 13.8. The van der Waals surface area contributed by atoms with E-state index in [1.165, 1.54) is 24.4 Å². The number of ether oxygens (including phenoxy) is 1. The lowest BCUT2D eigenvalue weighted by molar-refractivity contribution is 0.0696. The fourth-order valence-electron chi connectivity index (χ4n) is 2.78. The van der Waals surface area contributed by atoms with E-state index in [2.05, 4.69) is 4.98 Å². The molecular formula is C22H17Cl2NO4. The highest BCUT2D eigenvalue weighted by atomic mass is 35.5. The van der Waals surface area contributed by atoms with E-state index in [0.29, 0.717) is 15.8 Å². The van der Waals surface area contributed by atoms with Gasteiger partial charge in [0.1, 0.15) is 5.75 Å². The number of hydrogen-bond donors (Lipinski definition) is 1. The zero-order valence-electron chi connectivity index (χ0n) is 15.4. The molecule has 0 amide bonds. The van der Waals surface area contributed by atoms with Crippen molar-refractivity contribution in [1.29, 1.82) is 0 Å². The van der Waals surface area contributed by atoms with E-state index in [1.54, 1.807) is 36.4 Å². The predicted octanol–water partition coefficient (Wildman–Crippen LogP) is 6.26. The number of pyridine rings is 1. The summed E-state index contributed by atoms with van der Waals surface area (Å²) >= 11 is 11.9. The number of nitrogens with zero attached hydrogens (tertiary/aromatic N) is 1. The minimum Gasteiger partial charge on any atom is -0.478 e. The molecule has 2 aromatic carbocycles. The van der Waals surface area contributed by atoms with E-state index < -0.39 is 5.97 Å². The number of carbonyl (C=O) groups is 2. The standard InChI is InChI=1S/C22H17Cl2NO4/c1-13(14-2-4-15(5-3-14)22(27)28)10-20(26)19-11-17(24)12-25-21(19)29-18-8-6-16(23)7-9-18/h2-9,11-13H,10H2,1H3,(H,27,28)/t13-/m1/s1. The van der Waals surface area contributed by atoms with E-state index in [1.807, 2.05) is 6.92 Å². The van der Waals surface area contributed by atoms with Crippen LogP contribution in [0.3, 0.4) is 0 Å². The highest BCUT2D eigenvalue weighted by Gasteiger charge is 2.19. The molecule has 1 atom stereocenters. The van der Waals surface area contributed by atoms with Crippen molar-refractivity contribution in [1.82, 2.24) is 4.98 Å². The molecule has 3 rings (SSSR count). The molecule has 5 nitrogen and oxygen atoms in total. The number of hydrogen-bond acceptors (Lipinski definition) is 4. The van der Waals surface area contributed by atoms with Crippen LogP contribution in [0.5, 0.6) is 11.6 Å². The first-order valence-corrected chi connectivity index (χ1v) is 9.54. The van der Waals surface area contributed by atoms with E-state index in [9.17, 15) is 9.59 Å². The number of Topliss-reactive ketones (excluding diaryl/α,β-unsaturated/α-hetero) is 1. The van der Waals surface area contributed by atoms with Crippen LogP contribution in [0.1, 0.15) is 45.5 Å². The summed E-state index contributed by atoms with van der Waals surface area (Å²) in [6, 6.07) is 14.7. The Bertz CT molecular complexity index is 1030. The Morgan fingerprint density at radius 1 is 1.03 bits per heavy atom. The summed E-state index contributed by atoms with van der Waals surface area (Å²) in [7, 11) is 0. The van der Waals surface area contributed by atoms with Crippen LogP contribution >= 0.6 is 23.2 Å². The van der Waals surface area contributed by atoms with Gasteiger partial charge in [0.25, 0.3) is 0 Å². The molecule has 0 radical (unpaired) electrons. The van der Waals surface area contributed by atoms with Gasteiger partial charge in [-0.2, -0.15) is 0 Å².